The molecule has 0 bridgehead atoms. The molecular formula is C7H8ClNO2S. The van der Waals surface area contributed by atoms with Gasteiger partial charge in [0.1, 0.15) is 6.04 Å². The Bertz CT molecular complexity index is 287. The van der Waals surface area contributed by atoms with Crippen molar-refractivity contribution < 1.29 is 9.90 Å². The number of carboxylic acids is 1. The highest BCUT2D eigenvalue weighted by Crippen LogP contribution is 2.23. The lowest BCUT2D eigenvalue weighted by Gasteiger charge is -2.03. The third-order valence-corrected chi connectivity index (χ3v) is 2.70. The third-order valence-electron chi connectivity index (χ3n) is 1.45. The van der Waals surface area contributed by atoms with Crippen molar-refractivity contribution in [3.05, 3.63) is 21.3 Å². The molecule has 3 nitrogen and oxygen atoms in total. The highest BCUT2D eigenvalue weighted by molar-refractivity contribution is 7.14. The van der Waals surface area contributed by atoms with Gasteiger partial charge in [0.2, 0.25) is 0 Å². The fourth-order valence-electron chi connectivity index (χ4n) is 0.790. The molecule has 1 rings (SSSR count). The summed E-state index contributed by atoms with van der Waals surface area (Å²) < 4.78 is 0.617. The lowest BCUT2D eigenvalue weighted by Crippen LogP contribution is -2.32. The SMILES string of the molecule is NC(Cc1ccsc1Cl)C(=O)O. The number of nitrogens with two attached hydrogens (primary N) is 1. The van der Waals surface area contributed by atoms with Crippen molar-refractivity contribution in [2.24, 2.45) is 5.73 Å². The van der Waals surface area contributed by atoms with Crippen molar-refractivity contribution in [2.45, 2.75) is 12.5 Å². The lowest BCUT2D eigenvalue weighted by atomic mass is 10.1. The molecule has 1 atom stereocenters. The highest BCUT2D eigenvalue weighted by Gasteiger charge is 2.14. The molecule has 0 aliphatic heterocycles. The van der Waals surface area contributed by atoms with Gasteiger partial charge in [-0.25, -0.2) is 0 Å². The first kappa shape index (κ1) is 9.51. The largest absolute Gasteiger partial charge is 0.480 e. The molecule has 3 N–H and O–H groups in total. The summed E-state index contributed by atoms with van der Waals surface area (Å²) in [5, 5.41) is 10.3. The van der Waals surface area contributed by atoms with E-state index in [4.69, 9.17) is 22.4 Å². The summed E-state index contributed by atoms with van der Waals surface area (Å²) in [6.45, 7) is 0. The molecule has 5 heteroatoms. The fourth-order valence-corrected chi connectivity index (χ4v) is 1.74. The molecule has 0 fully saturated rings. The predicted octanol–water partition coefficient (Wildman–Crippen LogP) is 1.36. The van der Waals surface area contributed by atoms with Crippen molar-refractivity contribution in [3.63, 3.8) is 0 Å². The van der Waals surface area contributed by atoms with Gasteiger partial charge < -0.3 is 10.8 Å². The van der Waals surface area contributed by atoms with Gasteiger partial charge in [-0.15, -0.1) is 11.3 Å². The van der Waals surface area contributed by atoms with E-state index in [0.717, 1.165) is 5.56 Å². The third kappa shape index (κ3) is 2.20. The first-order valence-electron chi connectivity index (χ1n) is 3.31. The minimum Gasteiger partial charge on any atom is -0.480 e. The summed E-state index contributed by atoms with van der Waals surface area (Å²) in [7, 11) is 0. The molecule has 1 heterocycles. The van der Waals surface area contributed by atoms with Gasteiger partial charge in [0.05, 0.1) is 4.34 Å². The number of hydrogen-bond donors (Lipinski definition) is 2. The van der Waals surface area contributed by atoms with Gasteiger partial charge in [-0.3, -0.25) is 4.79 Å². The Kier molecular flexibility index (Phi) is 3.08. The number of carbonyl (C=O) groups is 1. The average Bonchev–Trinajstić information content (AvgIpc) is 2.36. The minimum atomic E-state index is -1.00. The van der Waals surface area contributed by atoms with Gasteiger partial charge >= 0.3 is 5.97 Å². The molecule has 1 aromatic rings. The van der Waals surface area contributed by atoms with Crippen molar-refractivity contribution >= 4 is 28.9 Å². The van der Waals surface area contributed by atoms with Crippen LogP contribution in [0.3, 0.4) is 0 Å². The van der Waals surface area contributed by atoms with Gasteiger partial charge in [-0.1, -0.05) is 11.6 Å². The van der Waals surface area contributed by atoms with Crippen LogP contribution in [0.4, 0.5) is 0 Å². The van der Waals surface area contributed by atoms with Gasteiger partial charge in [-0.2, -0.15) is 0 Å². The van der Waals surface area contributed by atoms with Crippen molar-refractivity contribution in [3.8, 4) is 0 Å². The Morgan fingerprint density at radius 1 is 1.83 bits per heavy atom. The van der Waals surface area contributed by atoms with Gasteiger partial charge in [0.25, 0.3) is 0 Å². The van der Waals surface area contributed by atoms with Crippen LogP contribution in [0, 0.1) is 0 Å². The Labute approximate surface area is 78.8 Å². The number of thiophene rings is 1. The number of halogens is 1. The van der Waals surface area contributed by atoms with Crippen LogP contribution in [0.1, 0.15) is 5.56 Å². The van der Waals surface area contributed by atoms with E-state index >= 15 is 0 Å². The molecule has 0 spiro atoms. The second-order valence-electron chi connectivity index (χ2n) is 2.37. The summed E-state index contributed by atoms with van der Waals surface area (Å²) in [6, 6.07) is 0.924. The Hall–Kier alpha value is -0.580. The average molecular weight is 206 g/mol. The smallest absolute Gasteiger partial charge is 0.320 e. The lowest BCUT2D eigenvalue weighted by molar-refractivity contribution is -0.138. The van der Waals surface area contributed by atoms with Crippen LogP contribution >= 0.6 is 22.9 Å². The van der Waals surface area contributed by atoms with Crippen molar-refractivity contribution in [2.75, 3.05) is 0 Å². The van der Waals surface area contributed by atoms with E-state index < -0.39 is 12.0 Å². The normalized spacial score (nSPS) is 12.8. The molecule has 0 aromatic carbocycles. The zero-order valence-corrected chi connectivity index (χ0v) is 7.73. The van der Waals surface area contributed by atoms with Crippen molar-refractivity contribution in [1.82, 2.24) is 0 Å². The molecular weight excluding hydrogens is 198 g/mol. The maximum absolute atomic E-state index is 10.4. The Balaban J connectivity index is 2.64. The zero-order valence-electron chi connectivity index (χ0n) is 6.16. The quantitative estimate of drug-likeness (QED) is 0.783. The molecule has 0 radical (unpaired) electrons. The highest BCUT2D eigenvalue weighted by atomic mass is 35.5. The molecule has 0 aliphatic rings. The monoisotopic (exact) mass is 205 g/mol. The molecule has 0 amide bonds. The topological polar surface area (TPSA) is 63.3 Å². The molecule has 66 valence electrons. The number of rotatable bonds is 3. The van der Waals surface area contributed by atoms with Gasteiger partial charge in [0.15, 0.2) is 0 Å². The standard InChI is InChI=1S/C7H8ClNO2S/c8-6-4(1-2-12-6)3-5(9)7(10)11/h1-2,5H,3,9H2,(H,10,11). The van der Waals surface area contributed by atoms with E-state index in [9.17, 15) is 4.79 Å². The maximum Gasteiger partial charge on any atom is 0.320 e. The predicted molar refractivity (Wildman–Crippen MR) is 48.6 cm³/mol. The second kappa shape index (κ2) is 3.89. The number of aliphatic carboxylic acids is 1. The molecule has 1 unspecified atom stereocenters. The van der Waals surface area contributed by atoms with Gasteiger partial charge in [0, 0.05) is 6.42 Å². The zero-order chi connectivity index (χ0) is 9.14. The molecule has 0 saturated carbocycles. The van der Waals surface area contributed by atoms with Crippen LogP contribution in [-0.4, -0.2) is 17.1 Å². The fraction of sp³-hybridized carbons (Fsp3) is 0.286. The summed E-state index contributed by atoms with van der Waals surface area (Å²) in [4.78, 5) is 10.4. The minimum absolute atomic E-state index is 0.289. The van der Waals surface area contributed by atoms with E-state index in [1.807, 2.05) is 5.38 Å². The summed E-state index contributed by atoms with van der Waals surface area (Å²) in [6.07, 6.45) is 0.289. The maximum atomic E-state index is 10.4. The van der Waals surface area contributed by atoms with E-state index in [2.05, 4.69) is 0 Å². The molecule has 1 aromatic heterocycles. The van der Waals surface area contributed by atoms with Crippen LogP contribution in [-0.2, 0) is 11.2 Å². The first-order chi connectivity index (χ1) is 5.61. The first-order valence-corrected chi connectivity index (χ1v) is 4.57. The number of carboxylic acid groups (broad SMARTS) is 1. The molecule has 0 aliphatic carbocycles. The second-order valence-corrected chi connectivity index (χ2v) is 3.89. The van der Waals surface area contributed by atoms with Crippen LogP contribution < -0.4 is 5.73 Å². The van der Waals surface area contributed by atoms with Crippen LogP contribution in [0.15, 0.2) is 11.4 Å². The Morgan fingerprint density at radius 2 is 2.50 bits per heavy atom. The van der Waals surface area contributed by atoms with Crippen molar-refractivity contribution in [1.29, 1.82) is 0 Å². The van der Waals surface area contributed by atoms with E-state index in [1.54, 1.807) is 6.07 Å². The van der Waals surface area contributed by atoms with Crippen LogP contribution in [0.25, 0.3) is 0 Å². The van der Waals surface area contributed by atoms with E-state index in [0.29, 0.717) is 4.34 Å². The summed E-state index contributed by atoms with van der Waals surface area (Å²) in [5.41, 5.74) is 6.13. The van der Waals surface area contributed by atoms with Crippen LogP contribution in [0.5, 0.6) is 0 Å². The van der Waals surface area contributed by atoms with E-state index in [-0.39, 0.29) is 6.42 Å². The Morgan fingerprint density at radius 3 is 2.92 bits per heavy atom. The molecule has 12 heavy (non-hydrogen) atoms. The molecule has 0 saturated heterocycles. The van der Waals surface area contributed by atoms with Crippen LogP contribution in [0.2, 0.25) is 4.34 Å². The van der Waals surface area contributed by atoms with Gasteiger partial charge in [-0.05, 0) is 17.0 Å². The number of hydrogen-bond acceptors (Lipinski definition) is 3. The summed E-state index contributed by atoms with van der Waals surface area (Å²) in [5.74, 6) is -1.00. The summed E-state index contributed by atoms with van der Waals surface area (Å²) >= 11 is 7.13. The van der Waals surface area contributed by atoms with E-state index in [1.165, 1.54) is 11.3 Å².